The predicted octanol–water partition coefficient (Wildman–Crippen LogP) is 19.5. The average molecular weight is 931 g/mol. The maximum absolute atomic E-state index is 5.87. The van der Waals surface area contributed by atoms with Crippen LogP contribution in [0, 0.1) is 23.7 Å². The maximum atomic E-state index is 5.87. The third-order valence-corrected chi connectivity index (χ3v) is 17.9. The molecule has 8 aromatic carbocycles. The van der Waals surface area contributed by atoms with Crippen molar-refractivity contribution in [1.29, 1.82) is 0 Å². The maximum Gasteiger partial charge on any atom is 0.103 e. The summed E-state index contributed by atoms with van der Waals surface area (Å²) in [5.74, 6) is 3.94. The van der Waals surface area contributed by atoms with Crippen molar-refractivity contribution in [2.24, 2.45) is 28.0 Å². The summed E-state index contributed by atoms with van der Waals surface area (Å²) in [6.07, 6.45) is 12.7. The van der Waals surface area contributed by atoms with E-state index in [2.05, 4.69) is 192 Å². The lowest BCUT2D eigenvalue weighted by Crippen LogP contribution is -2.13. The van der Waals surface area contributed by atoms with E-state index >= 15 is 0 Å². The van der Waals surface area contributed by atoms with E-state index in [0.717, 1.165) is 48.0 Å². The van der Waals surface area contributed by atoms with Crippen LogP contribution in [0.3, 0.4) is 0 Å². The summed E-state index contributed by atoms with van der Waals surface area (Å²) >= 11 is 1.97. The Kier molecular flexibility index (Phi) is 14.3. The molecule has 68 heavy (non-hydrogen) atoms. The molecule has 2 aliphatic heterocycles. The molecule has 10 rings (SSSR count). The minimum absolute atomic E-state index is 0.0353. The van der Waals surface area contributed by atoms with Gasteiger partial charge in [-0.3, -0.25) is 0 Å². The van der Waals surface area contributed by atoms with Crippen LogP contribution >= 0.6 is 11.8 Å². The van der Waals surface area contributed by atoms with E-state index in [1.54, 1.807) is 0 Å². The van der Waals surface area contributed by atoms with Crippen molar-refractivity contribution in [3.8, 4) is 22.3 Å². The number of thioether (sulfide) groups is 1. The first-order valence-corrected chi connectivity index (χ1v) is 28.1. The zero-order valence-electron chi connectivity index (χ0n) is 41.3. The van der Waals surface area contributed by atoms with Gasteiger partial charge in [0.25, 0.3) is 0 Å². The van der Waals surface area contributed by atoms with Crippen LogP contribution in [-0.2, 0) is 29.3 Å². The second-order valence-corrected chi connectivity index (χ2v) is 23.9. The molecule has 1 N–H and O–H groups in total. The van der Waals surface area contributed by atoms with Crippen molar-refractivity contribution in [1.82, 2.24) is 0 Å². The SMILES string of the molecule is CC(C)CCCC(C)CCc1ccc(-c2cc3c4c(c(-c5ccc(CCC(C)CCCC(C)C)cc5)cc5c4c2N=S5Cc2cccc4ccccc24)NC(c2cccc4ccccc24)S3)cc1. The van der Waals surface area contributed by atoms with Crippen molar-refractivity contribution in [3.63, 3.8) is 0 Å². The summed E-state index contributed by atoms with van der Waals surface area (Å²) in [6, 6.07) is 55.6. The molecule has 4 unspecified atom stereocenters. The molecule has 0 amide bonds. The number of nitrogens with one attached hydrogen (secondary N) is 1. The molecule has 2 heterocycles. The van der Waals surface area contributed by atoms with Gasteiger partial charge in [0.1, 0.15) is 5.37 Å². The number of anilines is 1. The fourth-order valence-corrected chi connectivity index (χ4v) is 14.1. The molecule has 0 bridgehead atoms. The Morgan fingerprint density at radius 1 is 0.544 bits per heavy atom. The Morgan fingerprint density at radius 3 is 1.74 bits per heavy atom. The lowest BCUT2D eigenvalue weighted by molar-refractivity contribution is 0.437. The lowest BCUT2D eigenvalue weighted by atomic mass is 9.91. The van der Waals surface area contributed by atoms with Crippen molar-refractivity contribution < 1.29 is 0 Å². The van der Waals surface area contributed by atoms with Crippen LogP contribution < -0.4 is 5.32 Å². The van der Waals surface area contributed by atoms with Crippen LogP contribution in [0.25, 0.3) is 54.6 Å². The highest BCUT2D eigenvalue weighted by atomic mass is 32.2. The second-order valence-electron chi connectivity index (χ2n) is 21.1. The fraction of sp³-hybridized carbons (Fsp3) is 0.344. The van der Waals surface area contributed by atoms with Gasteiger partial charge in [-0.1, -0.05) is 236 Å². The topological polar surface area (TPSA) is 24.4 Å². The highest BCUT2D eigenvalue weighted by Gasteiger charge is 2.33. The second kappa shape index (κ2) is 20.8. The molecule has 0 fully saturated rings. The number of benzene rings is 8. The van der Waals surface area contributed by atoms with Gasteiger partial charge in [-0.15, -0.1) is 0 Å². The number of aryl methyl sites for hydroxylation is 2. The molecular formula is C64H70N2S2. The van der Waals surface area contributed by atoms with E-state index in [1.165, 1.54) is 144 Å². The zero-order valence-corrected chi connectivity index (χ0v) is 42.9. The van der Waals surface area contributed by atoms with Crippen molar-refractivity contribution in [3.05, 3.63) is 168 Å². The Balaban J connectivity index is 1.07. The molecular weight excluding hydrogens is 861 g/mol. The Labute approximate surface area is 413 Å². The van der Waals surface area contributed by atoms with E-state index in [-0.39, 0.29) is 5.37 Å². The molecule has 0 radical (unpaired) electrons. The third-order valence-electron chi connectivity index (χ3n) is 14.9. The van der Waals surface area contributed by atoms with E-state index in [4.69, 9.17) is 4.36 Å². The molecule has 348 valence electrons. The van der Waals surface area contributed by atoms with Crippen LogP contribution in [0.4, 0.5) is 11.4 Å². The van der Waals surface area contributed by atoms with Gasteiger partial charge in [0, 0.05) is 37.4 Å². The third kappa shape index (κ3) is 10.1. The largest absolute Gasteiger partial charge is 0.368 e. The summed E-state index contributed by atoms with van der Waals surface area (Å²) in [6.45, 7) is 14.3. The summed E-state index contributed by atoms with van der Waals surface area (Å²) in [4.78, 5) is 2.71. The highest BCUT2D eigenvalue weighted by molar-refractivity contribution is 8.00. The summed E-state index contributed by atoms with van der Waals surface area (Å²) in [7, 11) is -0.393. The Bertz CT molecular complexity index is 3080. The van der Waals surface area contributed by atoms with Crippen molar-refractivity contribution in [2.45, 2.75) is 127 Å². The van der Waals surface area contributed by atoms with Crippen LogP contribution in [0.15, 0.2) is 160 Å². The van der Waals surface area contributed by atoms with E-state index in [0.29, 0.717) is 0 Å². The monoisotopic (exact) mass is 930 g/mol. The minimum atomic E-state index is -0.393. The van der Waals surface area contributed by atoms with Crippen LogP contribution in [0.1, 0.15) is 121 Å². The normalized spacial score (nSPS) is 16.2. The van der Waals surface area contributed by atoms with Crippen LogP contribution in [0.2, 0.25) is 0 Å². The first kappa shape index (κ1) is 46.6. The van der Waals surface area contributed by atoms with Gasteiger partial charge in [0.05, 0.1) is 11.4 Å². The Morgan fingerprint density at radius 2 is 1.10 bits per heavy atom. The number of hydrogen-bond acceptors (Lipinski definition) is 3. The smallest absolute Gasteiger partial charge is 0.103 e. The number of fused-ring (bicyclic) bond motifs is 2. The van der Waals surface area contributed by atoms with Gasteiger partial charge < -0.3 is 5.32 Å². The number of hydrogen-bond donors (Lipinski definition) is 1. The van der Waals surface area contributed by atoms with Gasteiger partial charge in [-0.2, -0.15) is 0 Å². The number of rotatable bonds is 19. The number of nitrogens with zero attached hydrogens (tertiary/aromatic N) is 1. The minimum Gasteiger partial charge on any atom is -0.368 e. The van der Waals surface area contributed by atoms with Crippen molar-refractivity contribution >= 4 is 66.1 Å². The van der Waals surface area contributed by atoms with Gasteiger partial charge in [0.15, 0.2) is 0 Å². The molecule has 4 heteroatoms. The molecule has 4 atom stereocenters. The van der Waals surface area contributed by atoms with Gasteiger partial charge in [-0.25, -0.2) is 4.36 Å². The average Bonchev–Trinajstić information content (AvgIpc) is 3.72. The first-order valence-electron chi connectivity index (χ1n) is 25.8. The van der Waals surface area contributed by atoms with Crippen molar-refractivity contribution in [2.75, 3.05) is 5.32 Å². The van der Waals surface area contributed by atoms with Gasteiger partial charge in [-0.05, 0) is 116 Å². The van der Waals surface area contributed by atoms with Gasteiger partial charge >= 0.3 is 0 Å². The highest BCUT2D eigenvalue weighted by Crippen LogP contribution is 2.58. The van der Waals surface area contributed by atoms with E-state index in [1.807, 2.05) is 11.8 Å². The fourth-order valence-electron chi connectivity index (χ4n) is 10.8. The molecule has 8 aromatic rings. The zero-order chi connectivity index (χ0) is 46.7. The summed E-state index contributed by atoms with van der Waals surface area (Å²) < 4.78 is 5.87. The summed E-state index contributed by atoms with van der Waals surface area (Å²) in [5.41, 5.74) is 13.0. The van der Waals surface area contributed by atoms with Gasteiger partial charge in [0.2, 0.25) is 0 Å². The standard InChI is InChI=1S/C64H70N2S2/c1-42(2)15-11-17-44(5)27-29-46-31-35-50(36-32-46)56-39-58-60-61-59(68(66-63(56)61)41-52-23-13-21-48-19-7-9-24-53(48)52)40-57(51-37-33-47(34-38-51)30-28-45(6)18-12-16-43(3)4)62(60)65-64(67-58)55-26-14-22-49-20-8-10-25-54(49)55/h7-10,13-14,19-26,31-40,42-45,64-65H,11-12,15-18,27-30,41H2,1-6H3. The molecule has 0 saturated heterocycles. The quantitative estimate of drug-likeness (QED) is 0.0874. The Hall–Kier alpha value is -5.16. The van der Waals surface area contributed by atoms with Crippen LogP contribution in [-0.4, -0.2) is 0 Å². The molecule has 2 nitrogen and oxygen atoms in total. The molecule has 2 aliphatic rings. The molecule has 0 aliphatic carbocycles. The van der Waals surface area contributed by atoms with E-state index < -0.39 is 10.7 Å². The molecule has 0 aromatic heterocycles. The van der Waals surface area contributed by atoms with Crippen LogP contribution in [0.5, 0.6) is 0 Å². The molecule has 0 spiro atoms. The predicted molar refractivity (Wildman–Crippen MR) is 299 cm³/mol. The first-order chi connectivity index (χ1) is 33.2. The summed E-state index contributed by atoms with van der Waals surface area (Å²) in [5, 5.41) is 12.1. The van der Waals surface area contributed by atoms with E-state index in [9.17, 15) is 0 Å². The molecule has 0 saturated carbocycles. The lowest BCUT2D eigenvalue weighted by Gasteiger charge is -2.31.